The SMILES string of the molecule is CC1(C)c2ccccc2-c2cc(-c3ccc4oc5c(-c6ccc7c(c6)c6ccccc6c6ccc8c9ccccc9sc8c67)cc(-c6ccncc6)cc5c4c3)ccc21. The normalized spacial score (nSPS) is 13.4. The van der Waals surface area contributed by atoms with Gasteiger partial charge in [0.25, 0.3) is 0 Å². The van der Waals surface area contributed by atoms with Gasteiger partial charge < -0.3 is 4.42 Å². The molecular weight excluding hydrogens is 735 g/mol. The van der Waals surface area contributed by atoms with Gasteiger partial charge in [-0.1, -0.05) is 123 Å². The van der Waals surface area contributed by atoms with Crippen LogP contribution in [0, 0.1) is 0 Å². The molecule has 0 fully saturated rings. The van der Waals surface area contributed by atoms with Gasteiger partial charge in [0, 0.05) is 59.7 Å². The second-order valence-electron chi connectivity index (χ2n) is 16.6. The highest BCUT2D eigenvalue weighted by molar-refractivity contribution is 7.26. The lowest BCUT2D eigenvalue weighted by Crippen LogP contribution is -2.14. The third-order valence-electron chi connectivity index (χ3n) is 13.2. The standard InChI is InChI=1S/C56H35NOS/c1-56(2)49-13-7-5-11-39(49)46-27-33(16-21-50(46)56)34-17-22-51-47(28-34)48-31-36(32-23-25-57-26-24-32)30-44(54(48)58-51)35-15-18-42-45(29-35)38-10-4-3-9-37(38)41-19-20-43-40-12-6-8-14-52(40)59-55(43)53(41)42/h3-31H,1-2H3. The number of benzene rings is 9. The molecule has 0 aliphatic heterocycles. The first kappa shape index (κ1) is 33.0. The van der Waals surface area contributed by atoms with Gasteiger partial charge in [0.05, 0.1) is 0 Å². The number of hydrogen-bond acceptors (Lipinski definition) is 3. The molecule has 3 heterocycles. The van der Waals surface area contributed by atoms with Gasteiger partial charge in [0.15, 0.2) is 0 Å². The lowest BCUT2D eigenvalue weighted by atomic mass is 9.82. The zero-order valence-corrected chi connectivity index (χ0v) is 33.3. The number of rotatable bonds is 3. The Balaban J connectivity index is 1.05. The Hall–Kier alpha value is -7.07. The van der Waals surface area contributed by atoms with E-state index in [2.05, 4.69) is 183 Å². The van der Waals surface area contributed by atoms with Crippen LogP contribution in [0.2, 0.25) is 0 Å². The van der Waals surface area contributed by atoms with Crippen LogP contribution < -0.4 is 0 Å². The summed E-state index contributed by atoms with van der Waals surface area (Å²) in [5.41, 5.74) is 14.0. The molecule has 3 heteroatoms. The largest absolute Gasteiger partial charge is 0.455 e. The summed E-state index contributed by atoms with van der Waals surface area (Å²) in [6, 6.07) is 60.7. The first-order valence-electron chi connectivity index (χ1n) is 20.3. The second-order valence-corrected chi connectivity index (χ2v) is 17.7. The summed E-state index contributed by atoms with van der Waals surface area (Å²) >= 11 is 1.90. The molecule has 0 N–H and O–H groups in total. The summed E-state index contributed by atoms with van der Waals surface area (Å²) in [5, 5.41) is 12.5. The van der Waals surface area contributed by atoms with Crippen molar-refractivity contribution < 1.29 is 4.42 Å². The molecule has 0 radical (unpaired) electrons. The van der Waals surface area contributed by atoms with Crippen LogP contribution in [0.3, 0.4) is 0 Å². The molecule has 0 spiro atoms. The van der Waals surface area contributed by atoms with Gasteiger partial charge in [-0.15, -0.1) is 11.3 Å². The minimum absolute atomic E-state index is 0.0259. The average molecular weight is 770 g/mol. The van der Waals surface area contributed by atoms with Gasteiger partial charge in [-0.3, -0.25) is 4.98 Å². The van der Waals surface area contributed by atoms with Gasteiger partial charge in [-0.25, -0.2) is 0 Å². The Bertz CT molecular complexity index is 3760. The summed E-state index contributed by atoms with van der Waals surface area (Å²) in [4.78, 5) is 4.35. The van der Waals surface area contributed by atoms with Crippen LogP contribution in [-0.4, -0.2) is 4.98 Å². The fourth-order valence-electron chi connectivity index (χ4n) is 10.3. The predicted octanol–water partition coefficient (Wildman–Crippen LogP) is 16.1. The lowest BCUT2D eigenvalue weighted by molar-refractivity contribution is 0.660. The molecule has 1 aliphatic rings. The van der Waals surface area contributed by atoms with Gasteiger partial charge in [0.1, 0.15) is 11.2 Å². The fourth-order valence-corrected chi connectivity index (χ4v) is 11.5. The van der Waals surface area contributed by atoms with Crippen LogP contribution in [0.5, 0.6) is 0 Å². The maximum atomic E-state index is 6.92. The van der Waals surface area contributed by atoms with Crippen molar-refractivity contribution in [3.8, 4) is 44.5 Å². The Morgan fingerprint density at radius 3 is 1.93 bits per heavy atom. The van der Waals surface area contributed by atoms with Crippen LogP contribution in [0.25, 0.3) is 119 Å². The Kier molecular flexibility index (Phi) is 6.69. The molecule has 3 aromatic heterocycles. The van der Waals surface area contributed by atoms with E-state index in [0.717, 1.165) is 44.2 Å². The number of thiophene rings is 1. The van der Waals surface area contributed by atoms with E-state index in [9.17, 15) is 0 Å². The van der Waals surface area contributed by atoms with E-state index < -0.39 is 0 Å². The van der Waals surface area contributed by atoms with Crippen molar-refractivity contribution in [2.75, 3.05) is 0 Å². The monoisotopic (exact) mass is 769 g/mol. The highest BCUT2D eigenvalue weighted by Crippen LogP contribution is 2.50. The summed E-state index contributed by atoms with van der Waals surface area (Å²) < 4.78 is 9.59. The zero-order chi connectivity index (χ0) is 39.0. The molecule has 0 saturated heterocycles. The summed E-state index contributed by atoms with van der Waals surface area (Å²) in [5.74, 6) is 0. The molecule has 9 aromatic carbocycles. The van der Waals surface area contributed by atoms with E-state index in [4.69, 9.17) is 4.42 Å². The number of furan rings is 1. The van der Waals surface area contributed by atoms with Crippen molar-refractivity contribution in [3.63, 3.8) is 0 Å². The topological polar surface area (TPSA) is 26.0 Å². The van der Waals surface area contributed by atoms with Crippen molar-refractivity contribution in [2.24, 2.45) is 0 Å². The Labute approximate surface area is 344 Å². The molecule has 1 aliphatic carbocycles. The zero-order valence-electron chi connectivity index (χ0n) is 32.5. The predicted molar refractivity (Wildman–Crippen MR) is 251 cm³/mol. The van der Waals surface area contributed by atoms with E-state index in [0.29, 0.717) is 0 Å². The van der Waals surface area contributed by atoms with Gasteiger partial charge in [0.2, 0.25) is 0 Å². The molecule has 276 valence electrons. The fraction of sp³-hybridized carbons (Fsp3) is 0.0536. The number of pyridine rings is 1. The summed E-state index contributed by atoms with van der Waals surface area (Å²) in [6.07, 6.45) is 3.75. The van der Waals surface area contributed by atoms with Crippen LogP contribution in [0.4, 0.5) is 0 Å². The molecule has 59 heavy (non-hydrogen) atoms. The minimum atomic E-state index is -0.0259. The molecule has 13 rings (SSSR count). The van der Waals surface area contributed by atoms with Crippen LogP contribution >= 0.6 is 11.3 Å². The van der Waals surface area contributed by atoms with E-state index in [1.165, 1.54) is 85.9 Å². The maximum absolute atomic E-state index is 6.92. The molecule has 0 saturated carbocycles. The Morgan fingerprint density at radius 2 is 1.05 bits per heavy atom. The van der Waals surface area contributed by atoms with E-state index in [1.807, 2.05) is 23.7 Å². The van der Waals surface area contributed by atoms with Crippen molar-refractivity contribution in [1.82, 2.24) is 4.98 Å². The maximum Gasteiger partial charge on any atom is 0.143 e. The Morgan fingerprint density at radius 1 is 0.424 bits per heavy atom. The smallest absolute Gasteiger partial charge is 0.143 e. The second kappa shape index (κ2) is 12.0. The third kappa shape index (κ3) is 4.65. The molecule has 0 atom stereocenters. The molecule has 0 bridgehead atoms. The summed E-state index contributed by atoms with van der Waals surface area (Å²) in [7, 11) is 0. The molecule has 2 nitrogen and oxygen atoms in total. The third-order valence-corrected chi connectivity index (χ3v) is 14.4. The summed E-state index contributed by atoms with van der Waals surface area (Å²) in [6.45, 7) is 4.67. The van der Waals surface area contributed by atoms with Crippen molar-refractivity contribution in [2.45, 2.75) is 19.3 Å². The van der Waals surface area contributed by atoms with E-state index in [-0.39, 0.29) is 5.41 Å². The molecule has 0 unspecified atom stereocenters. The van der Waals surface area contributed by atoms with Crippen LogP contribution in [-0.2, 0) is 5.41 Å². The first-order chi connectivity index (χ1) is 29.0. The van der Waals surface area contributed by atoms with E-state index >= 15 is 0 Å². The molecule has 12 aromatic rings. The number of fused-ring (bicyclic) bond motifs is 16. The minimum Gasteiger partial charge on any atom is -0.455 e. The lowest BCUT2D eigenvalue weighted by Gasteiger charge is -2.21. The van der Waals surface area contributed by atoms with E-state index in [1.54, 1.807) is 0 Å². The highest BCUT2D eigenvalue weighted by Gasteiger charge is 2.35. The molecular formula is C56H35NOS. The van der Waals surface area contributed by atoms with Gasteiger partial charge in [-0.2, -0.15) is 0 Å². The van der Waals surface area contributed by atoms with Crippen LogP contribution in [0.1, 0.15) is 25.0 Å². The first-order valence-corrected chi connectivity index (χ1v) is 21.2. The van der Waals surface area contributed by atoms with Crippen molar-refractivity contribution >= 4 is 85.8 Å². The quantitative estimate of drug-likeness (QED) is 0.167. The van der Waals surface area contributed by atoms with Crippen LogP contribution in [0.15, 0.2) is 181 Å². The van der Waals surface area contributed by atoms with Crippen molar-refractivity contribution in [1.29, 1.82) is 0 Å². The number of hydrogen-bond donors (Lipinski definition) is 0. The number of nitrogens with zero attached hydrogens (tertiary/aromatic N) is 1. The highest BCUT2D eigenvalue weighted by atomic mass is 32.1. The van der Waals surface area contributed by atoms with Gasteiger partial charge >= 0.3 is 0 Å². The van der Waals surface area contributed by atoms with Gasteiger partial charge in [-0.05, 0) is 132 Å². The average Bonchev–Trinajstić information content (AvgIpc) is 3.93. The van der Waals surface area contributed by atoms with Crippen molar-refractivity contribution in [3.05, 3.63) is 187 Å². The molecule has 0 amide bonds. The number of aromatic nitrogens is 1.